The molecule has 0 aliphatic heterocycles. The van der Waals surface area contributed by atoms with Gasteiger partial charge in [-0.25, -0.2) is 4.98 Å². The molecule has 0 radical (unpaired) electrons. The largest absolute Gasteiger partial charge is 0.327 e. The molecule has 2 heterocycles. The number of thiazole rings is 1. The van der Waals surface area contributed by atoms with Crippen LogP contribution < -0.4 is 11.1 Å². The van der Waals surface area contributed by atoms with Gasteiger partial charge < -0.3 is 5.73 Å². The second kappa shape index (κ2) is 5.19. The molecule has 7 heteroatoms. The van der Waals surface area contributed by atoms with Crippen molar-refractivity contribution in [3.8, 4) is 0 Å². The summed E-state index contributed by atoms with van der Waals surface area (Å²) in [5, 5.41) is 11.3. The fraction of sp³-hybridized carbons (Fsp3) is 0.267. The summed E-state index contributed by atoms with van der Waals surface area (Å²) in [5.74, 6) is -0.243. The minimum Gasteiger partial charge on any atom is -0.327 e. The molecule has 0 unspecified atom stereocenters. The monoisotopic (exact) mass is 313 g/mol. The van der Waals surface area contributed by atoms with Gasteiger partial charge in [-0.15, -0.1) is 11.3 Å². The molecule has 0 bridgehead atoms. The number of aromatic nitrogens is 3. The summed E-state index contributed by atoms with van der Waals surface area (Å²) in [6.45, 7) is 0. The number of aromatic amines is 1. The number of carbonyl (C=O) groups excluding carboxylic acids is 1. The fourth-order valence-corrected chi connectivity index (χ4v) is 3.84. The number of amides is 1. The highest BCUT2D eigenvalue weighted by atomic mass is 32.1. The van der Waals surface area contributed by atoms with E-state index in [0.29, 0.717) is 10.8 Å². The number of hydrogen-bond acceptors (Lipinski definition) is 5. The number of benzene rings is 1. The lowest BCUT2D eigenvalue weighted by Gasteiger charge is -2.15. The van der Waals surface area contributed by atoms with E-state index in [9.17, 15) is 4.79 Å². The maximum atomic E-state index is 12.4. The van der Waals surface area contributed by atoms with E-state index in [-0.39, 0.29) is 11.9 Å². The Hall–Kier alpha value is -2.25. The van der Waals surface area contributed by atoms with Gasteiger partial charge in [-0.1, -0.05) is 18.2 Å². The third-order valence-corrected chi connectivity index (χ3v) is 4.92. The minimum absolute atomic E-state index is 0.201. The summed E-state index contributed by atoms with van der Waals surface area (Å²) in [5.41, 5.74) is 8.27. The standard InChI is InChI=1S/C15H15N5OS/c16-8-5-6-11-12(7-8)22-15(17-11)18-14(21)13-9-3-1-2-4-10(9)19-20-13/h1-4,8H,5-7,16H2,(H,19,20)(H,17,18,21)/t8-/m0/s1. The topological polar surface area (TPSA) is 96.7 Å². The molecule has 0 spiro atoms. The maximum Gasteiger partial charge on any atom is 0.278 e. The van der Waals surface area contributed by atoms with Crippen LogP contribution >= 0.6 is 11.3 Å². The SMILES string of the molecule is N[C@H]1CCc2nc(NC(=O)c3n[nH]c4ccccc34)sc2C1. The zero-order valence-electron chi connectivity index (χ0n) is 11.8. The van der Waals surface area contributed by atoms with Gasteiger partial charge in [-0.05, 0) is 25.3 Å². The second-order valence-corrected chi connectivity index (χ2v) is 6.55. The molecule has 22 heavy (non-hydrogen) atoms. The molecule has 4 rings (SSSR count). The lowest BCUT2D eigenvalue weighted by molar-refractivity contribution is 0.102. The number of carbonyl (C=O) groups is 1. The van der Waals surface area contributed by atoms with Crippen LogP contribution in [0.2, 0.25) is 0 Å². The van der Waals surface area contributed by atoms with Crippen molar-refractivity contribution in [1.29, 1.82) is 0 Å². The Labute approximate surface area is 130 Å². The number of para-hydroxylation sites is 1. The number of anilines is 1. The average molecular weight is 313 g/mol. The number of hydrogen-bond donors (Lipinski definition) is 3. The number of nitrogens with zero attached hydrogens (tertiary/aromatic N) is 2. The van der Waals surface area contributed by atoms with E-state index in [2.05, 4.69) is 20.5 Å². The quantitative estimate of drug-likeness (QED) is 0.675. The number of nitrogens with one attached hydrogen (secondary N) is 2. The Balaban J connectivity index is 1.60. The van der Waals surface area contributed by atoms with Crippen LogP contribution in [0.5, 0.6) is 0 Å². The number of rotatable bonds is 2. The van der Waals surface area contributed by atoms with E-state index in [1.165, 1.54) is 16.2 Å². The molecular formula is C15H15N5OS. The van der Waals surface area contributed by atoms with Gasteiger partial charge >= 0.3 is 0 Å². The van der Waals surface area contributed by atoms with Crippen molar-refractivity contribution < 1.29 is 4.79 Å². The van der Waals surface area contributed by atoms with Crippen LogP contribution in [0.4, 0.5) is 5.13 Å². The number of H-pyrrole nitrogens is 1. The Morgan fingerprint density at radius 3 is 3.18 bits per heavy atom. The van der Waals surface area contributed by atoms with Gasteiger partial charge in [0.25, 0.3) is 5.91 Å². The van der Waals surface area contributed by atoms with Crippen LogP contribution in [0.1, 0.15) is 27.5 Å². The van der Waals surface area contributed by atoms with Crippen LogP contribution in [-0.4, -0.2) is 27.1 Å². The van der Waals surface area contributed by atoms with E-state index in [1.807, 2.05) is 24.3 Å². The van der Waals surface area contributed by atoms with Gasteiger partial charge in [0.15, 0.2) is 10.8 Å². The first-order valence-electron chi connectivity index (χ1n) is 7.19. The maximum absolute atomic E-state index is 12.4. The Morgan fingerprint density at radius 1 is 1.41 bits per heavy atom. The molecule has 0 saturated carbocycles. The zero-order valence-corrected chi connectivity index (χ0v) is 12.6. The van der Waals surface area contributed by atoms with Gasteiger partial charge in [-0.3, -0.25) is 15.2 Å². The van der Waals surface area contributed by atoms with Crippen molar-refractivity contribution >= 4 is 33.3 Å². The highest BCUT2D eigenvalue weighted by Gasteiger charge is 2.22. The molecule has 4 N–H and O–H groups in total. The minimum atomic E-state index is -0.243. The third kappa shape index (κ3) is 2.28. The first kappa shape index (κ1) is 13.4. The third-order valence-electron chi connectivity index (χ3n) is 3.88. The van der Waals surface area contributed by atoms with Crippen molar-refractivity contribution in [2.24, 2.45) is 5.73 Å². The predicted octanol–water partition coefficient (Wildman–Crippen LogP) is 2.09. The summed E-state index contributed by atoms with van der Waals surface area (Å²) in [6, 6.07) is 7.76. The summed E-state index contributed by atoms with van der Waals surface area (Å²) in [6.07, 6.45) is 2.68. The van der Waals surface area contributed by atoms with Crippen LogP contribution in [0, 0.1) is 0 Å². The molecule has 112 valence electrons. The van der Waals surface area contributed by atoms with Crippen LogP contribution in [-0.2, 0) is 12.8 Å². The van der Waals surface area contributed by atoms with Gasteiger partial charge in [0.2, 0.25) is 0 Å². The molecule has 2 aromatic heterocycles. The summed E-state index contributed by atoms with van der Waals surface area (Å²) in [4.78, 5) is 18.1. The van der Waals surface area contributed by atoms with Crippen molar-refractivity contribution in [3.63, 3.8) is 0 Å². The predicted molar refractivity (Wildman–Crippen MR) is 86.2 cm³/mol. The Kier molecular flexibility index (Phi) is 3.16. The number of nitrogens with two attached hydrogens (primary N) is 1. The molecule has 6 nitrogen and oxygen atoms in total. The lowest BCUT2D eigenvalue weighted by atomic mass is 9.99. The molecule has 0 saturated heterocycles. The van der Waals surface area contributed by atoms with Crippen molar-refractivity contribution in [2.45, 2.75) is 25.3 Å². The summed E-state index contributed by atoms with van der Waals surface area (Å²) < 4.78 is 0. The van der Waals surface area contributed by atoms with E-state index >= 15 is 0 Å². The molecule has 3 aromatic rings. The van der Waals surface area contributed by atoms with Crippen molar-refractivity contribution in [2.75, 3.05) is 5.32 Å². The van der Waals surface area contributed by atoms with Crippen LogP contribution in [0.15, 0.2) is 24.3 Å². The van der Waals surface area contributed by atoms with E-state index < -0.39 is 0 Å². The van der Waals surface area contributed by atoms with Crippen LogP contribution in [0.3, 0.4) is 0 Å². The van der Waals surface area contributed by atoms with Crippen LogP contribution in [0.25, 0.3) is 10.9 Å². The summed E-state index contributed by atoms with van der Waals surface area (Å²) in [7, 11) is 0. The number of aryl methyl sites for hydroxylation is 1. The average Bonchev–Trinajstić information content (AvgIpc) is 3.09. The lowest BCUT2D eigenvalue weighted by Crippen LogP contribution is -2.27. The molecular weight excluding hydrogens is 298 g/mol. The Bertz CT molecular complexity index is 853. The van der Waals surface area contributed by atoms with Crippen molar-refractivity contribution in [3.05, 3.63) is 40.5 Å². The van der Waals surface area contributed by atoms with Gasteiger partial charge in [0.1, 0.15) is 0 Å². The smallest absolute Gasteiger partial charge is 0.278 e. The molecule has 1 atom stereocenters. The fourth-order valence-electron chi connectivity index (χ4n) is 2.75. The first-order valence-corrected chi connectivity index (χ1v) is 8.01. The van der Waals surface area contributed by atoms with E-state index in [0.717, 1.165) is 35.9 Å². The highest BCUT2D eigenvalue weighted by Crippen LogP contribution is 2.29. The Morgan fingerprint density at radius 2 is 2.27 bits per heavy atom. The van der Waals surface area contributed by atoms with Gasteiger partial charge in [0.05, 0.1) is 11.2 Å². The zero-order chi connectivity index (χ0) is 15.1. The number of fused-ring (bicyclic) bond motifs is 2. The van der Waals surface area contributed by atoms with E-state index in [1.54, 1.807) is 0 Å². The van der Waals surface area contributed by atoms with E-state index in [4.69, 9.17) is 5.73 Å². The summed E-state index contributed by atoms with van der Waals surface area (Å²) >= 11 is 1.51. The van der Waals surface area contributed by atoms with Gasteiger partial charge in [0, 0.05) is 16.3 Å². The van der Waals surface area contributed by atoms with Crippen molar-refractivity contribution in [1.82, 2.24) is 15.2 Å². The molecule has 0 fully saturated rings. The molecule has 1 aliphatic rings. The first-order chi connectivity index (χ1) is 10.7. The molecule has 1 aliphatic carbocycles. The second-order valence-electron chi connectivity index (χ2n) is 5.46. The van der Waals surface area contributed by atoms with Gasteiger partial charge in [-0.2, -0.15) is 5.10 Å². The molecule has 1 aromatic carbocycles. The highest BCUT2D eigenvalue weighted by molar-refractivity contribution is 7.15. The normalized spacial score (nSPS) is 17.4. The molecule has 1 amide bonds.